The maximum Gasteiger partial charge on any atom is 0.344 e. The molecule has 3 aromatic heterocycles. The molecule has 8 heteroatoms. The van der Waals surface area contributed by atoms with Crippen LogP contribution < -0.4 is 10.4 Å². The first-order valence-electron chi connectivity index (χ1n) is 7.98. The van der Waals surface area contributed by atoms with Crippen molar-refractivity contribution in [3.8, 4) is 15.6 Å². The lowest BCUT2D eigenvalue weighted by molar-refractivity contribution is -0.147. The molecule has 0 fully saturated rings. The van der Waals surface area contributed by atoms with Gasteiger partial charge in [0.2, 0.25) is 0 Å². The standard InChI is InChI=1S/C19H13NO5S2/c21-17-6-4-12-3-5-14(8-15(12)25-17)23-10-18(22)24-9-13-11-27-19(20-13)16-2-1-7-26-16/h1-8,11H,9-10H2. The van der Waals surface area contributed by atoms with Gasteiger partial charge in [-0.25, -0.2) is 14.6 Å². The van der Waals surface area contributed by atoms with Gasteiger partial charge in [-0.3, -0.25) is 0 Å². The third-order valence-electron chi connectivity index (χ3n) is 3.62. The van der Waals surface area contributed by atoms with Crippen LogP contribution in [0.15, 0.2) is 62.4 Å². The Hall–Kier alpha value is -2.97. The van der Waals surface area contributed by atoms with Crippen LogP contribution in [0.3, 0.4) is 0 Å². The number of hydrogen-bond acceptors (Lipinski definition) is 8. The average molecular weight is 399 g/mol. The Morgan fingerprint density at radius 2 is 2.04 bits per heavy atom. The van der Waals surface area contributed by atoms with Crippen molar-refractivity contribution in [2.75, 3.05) is 6.61 Å². The van der Waals surface area contributed by atoms with Crippen LogP contribution in [0.25, 0.3) is 20.9 Å². The van der Waals surface area contributed by atoms with Gasteiger partial charge in [-0.05, 0) is 29.6 Å². The Bertz CT molecular complexity index is 1130. The summed E-state index contributed by atoms with van der Waals surface area (Å²) in [6.07, 6.45) is 0. The van der Waals surface area contributed by atoms with Crippen molar-refractivity contribution < 1.29 is 18.7 Å². The highest BCUT2D eigenvalue weighted by molar-refractivity contribution is 7.20. The highest BCUT2D eigenvalue weighted by Crippen LogP contribution is 2.28. The molecule has 1 aromatic carbocycles. The molecule has 0 saturated heterocycles. The van der Waals surface area contributed by atoms with Gasteiger partial charge in [0.1, 0.15) is 22.9 Å². The van der Waals surface area contributed by atoms with Gasteiger partial charge in [-0.15, -0.1) is 22.7 Å². The van der Waals surface area contributed by atoms with E-state index in [9.17, 15) is 9.59 Å². The number of carbonyl (C=O) groups is 1. The Morgan fingerprint density at radius 3 is 2.89 bits per heavy atom. The number of thiophene rings is 1. The fourth-order valence-corrected chi connectivity index (χ4v) is 3.97. The van der Waals surface area contributed by atoms with E-state index in [1.165, 1.54) is 17.4 Å². The molecule has 0 aliphatic rings. The van der Waals surface area contributed by atoms with Crippen LogP contribution in [0, 0.1) is 0 Å². The van der Waals surface area contributed by atoms with Crippen molar-refractivity contribution in [2.24, 2.45) is 0 Å². The molecule has 0 aliphatic heterocycles. The monoisotopic (exact) mass is 399 g/mol. The number of rotatable bonds is 6. The van der Waals surface area contributed by atoms with Crippen LogP contribution in [-0.2, 0) is 16.1 Å². The summed E-state index contributed by atoms with van der Waals surface area (Å²) in [5, 5.41) is 5.54. The first kappa shape index (κ1) is 17.4. The second-order valence-electron chi connectivity index (χ2n) is 5.52. The second-order valence-corrected chi connectivity index (χ2v) is 7.33. The molecule has 4 rings (SSSR count). The minimum Gasteiger partial charge on any atom is -0.482 e. The van der Waals surface area contributed by atoms with Gasteiger partial charge in [0.05, 0.1) is 10.6 Å². The number of hydrogen-bond donors (Lipinski definition) is 0. The Kier molecular flexibility index (Phi) is 4.99. The van der Waals surface area contributed by atoms with E-state index in [1.807, 2.05) is 22.9 Å². The van der Waals surface area contributed by atoms with E-state index in [1.54, 1.807) is 35.6 Å². The third-order valence-corrected chi connectivity index (χ3v) is 5.55. The molecule has 3 heterocycles. The van der Waals surface area contributed by atoms with Crippen LogP contribution in [0.2, 0.25) is 0 Å². The predicted molar refractivity (Wildman–Crippen MR) is 103 cm³/mol. The second kappa shape index (κ2) is 7.73. The number of aromatic nitrogens is 1. The Labute approximate surface area is 161 Å². The number of esters is 1. The number of ether oxygens (including phenoxy) is 2. The number of carbonyl (C=O) groups excluding carboxylic acids is 1. The number of benzene rings is 1. The van der Waals surface area contributed by atoms with Crippen molar-refractivity contribution in [1.82, 2.24) is 4.98 Å². The minimum atomic E-state index is -0.504. The van der Waals surface area contributed by atoms with Gasteiger partial charge in [0, 0.05) is 22.9 Å². The van der Waals surface area contributed by atoms with Crippen molar-refractivity contribution in [1.29, 1.82) is 0 Å². The number of fused-ring (bicyclic) bond motifs is 1. The third kappa shape index (κ3) is 4.24. The quantitative estimate of drug-likeness (QED) is 0.359. The summed E-state index contributed by atoms with van der Waals surface area (Å²) in [7, 11) is 0. The molecular formula is C19H13NO5S2. The van der Waals surface area contributed by atoms with Crippen LogP contribution in [0.4, 0.5) is 0 Å². The van der Waals surface area contributed by atoms with Gasteiger partial charge in [0.25, 0.3) is 0 Å². The molecule has 0 amide bonds. The van der Waals surface area contributed by atoms with Crippen LogP contribution >= 0.6 is 22.7 Å². The molecule has 0 atom stereocenters. The first-order valence-corrected chi connectivity index (χ1v) is 9.74. The zero-order chi connectivity index (χ0) is 18.6. The maximum absolute atomic E-state index is 11.9. The van der Waals surface area contributed by atoms with Crippen LogP contribution in [0.5, 0.6) is 5.75 Å². The fraction of sp³-hybridized carbons (Fsp3) is 0.105. The SMILES string of the molecule is O=C(COc1ccc2ccc(=O)oc2c1)OCc1csc(-c2cccs2)n1. The van der Waals surface area contributed by atoms with E-state index in [2.05, 4.69) is 4.98 Å². The fourth-order valence-electron chi connectivity index (χ4n) is 2.36. The maximum atomic E-state index is 11.9. The zero-order valence-corrected chi connectivity index (χ0v) is 15.5. The zero-order valence-electron chi connectivity index (χ0n) is 13.9. The molecule has 0 unspecified atom stereocenters. The summed E-state index contributed by atoms with van der Waals surface area (Å²) in [5.41, 5.74) is 0.658. The average Bonchev–Trinajstić information content (AvgIpc) is 3.35. The molecule has 0 radical (unpaired) electrons. The highest BCUT2D eigenvalue weighted by atomic mass is 32.1. The molecule has 0 bridgehead atoms. The smallest absolute Gasteiger partial charge is 0.344 e. The summed E-state index contributed by atoms with van der Waals surface area (Å²) in [5.74, 6) is -0.0854. The molecule has 27 heavy (non-hydrogen) atoms. The van der Waals surface area contributed by atoms with E-state index in [0.717, 1.165) is 15.3 Å². The lowest BCUT2D eigenvalue weighted by Crippen LogP contribution is -2.14. The van der Waals surface area contributed by atoms with Crippen molar-refractivity contribution in [2.45, 2.75) is 6.61 Å². The molecule has 0 N–H and O–H groups in total. The molecule has 4 aromatic rings. The summed E-state index contributed by atoms with van der Waals surface area (Å²) >= 11 is 3.13. The van der Waals surface area contributed by atoms with E-state index < -0.39 is 11.6 Å². The molecule has 0 aliphatic carbocycles. The summed E-state index contributed by atoms with van der Waals surface area (Å²) in [4.78, 5) is 28.7. The van der Waals surface area contributed by atoms with E-state index in [0.29, 0.717) is 17.0 Å². The molecule has 136 valence electrons. The molecule has 0 spiro atoms. The van der Waals surface area contributed by atoms with Crippen molar-refractivity contribution in [3.05, 3.63) is 69.3 Å². The van der Waals surface area contributed by atoms with Crippen LogP contribution in [0.1, 0.15) is 5.69 Å². The lowest BCUT2D eigenvalue weighted by atomic mass is 10.2. The summed E-state index contributed by atoms with van der Waals surface area (Å²) in [6.45, 7) is -0.152. The van der Waals surface area contributed by atoms with Gasteiger partial charge in [-0.2, -0.15) is 0 Å². The van der Waals surface area contributed by atoms with Crippen molar-refractivity contribution in [3.63, 3.8) is 0 Å². The molecule has 0 saturated carbocycles. The predicted octanol–water partition coefficient (Wildman–Crippen LogP) is 4.10. The van der Waals surface area contributed by atoms with Gasteiger partial charge >= 0.3 is 11.6 Å². The minimum absolute atomic E-state index is 0.0939. The lowest BCUT2D eigenvalue weighted by Gasteiger charge is -2.06. The topological polar surface area (TPSA) is 78.6 Å². The van der Waals surface area contributed by atoms with Crippen molar-refractivity contribution >= 4 is 39.6 Å². The Morgan fingerprint density at radius 1 is 1.15 bits per heavy atom. The van der Waals surface area contributed by atoms with Crippen LogP contribution in [-0.4, -0.2) is 17.6 Å². The van der Waals surface area contributed by atoms with Gasteiger partial charge in [0.15, 0.2) is 6.61 Å². The largest absolute Gasteiger partial charge is 0.482 e. The molecule has 6 nitrogen and oxygen atoms in total. The van der Waals surface area contributed by atoms with E-state index >= 15 is 0 Å². The first-order chi connectivity index (χ1) is 13.2. The highest BCUT2D eigenvalue weighted by Gasteiger charge is 2.10. The van der Waals surface area contributed by atoms with Gasteiger partial charge < -0.3 is 13.9 Å². The number of nitrogens with zero attached hydrogens (tertiary/aromatic N) is 1. The Balaban J connectivity index is 1.31. The summed E-state index contributed by atoms with van der Waals surface area (Å²) in [6, 6.07) is 12.0. The molecular weight excluding hydrogens is 386 g/mol. The normalized spacial score (nSPS) is 10.8. The van der Waals surface area contributed by atoms with Gasteiger partial charge in [-0.1, -0.05) is 6.07 Å². The number of thiazole rings is 1. The summed E-state index contributed by atoms with van der Waals surface area (Å²) < 4.78 is 15.7. The van der Waals surface area contributed by atoms with E-state index in [-0.39, 0.29) is 13.2 Å². The van der Waals surface area contributed by atoms with E-state index in [4.69, 9.17) is 13.9 Å².